The second-order valence-corrected chi connectivity index (χ2v) is 5.02. The zero-order chi connectivity index (χ0) is 17.5. The maximum Gasteiger partial charge on any atom is 0.261 e. The highest BCUT2D eigenvalue weighted by molar-refractivity contribution is 5.82. The van der Waals surface area contributed by atoms with Crippen molar-refractivity contribution < 1.29 is 4.79 Å². The Morgan fingerprint density at radius 1 is 1.20 bits per heavy atom. The maximum absolute atomic E-state index is 12.0. The number of hydrogen-bond donors (Lipinski definition) is 1. The van der Waals surface area contributed by atoms with E-state index in [1.807, 2.05) is 30.3 Å². The first-order chi connectivity index (χ1) is 12.3. The summed E-state index contributed by atoms with van der Waals surface area (Å²) in [6.07, 6.45) is 1.55. The molecule has 0 aliphatic carbocycles. The summed E-state index contributed by atoms with van der Waals surface area (Å²) in [7, 11) is 0. The van der Waals surface area contributed by atoms with Crippen LogP contribution in [0, 0.1) is 11.3 Å². The Morgan fingerprint density at radius 3 is 2.76 bits per heavy atom. The minimum Gasteiger partial charge on any atom is -0.271 e. The van der Waals surface area contributed by atoms with E-state index in [0.29, 0.717) is 17.0 Å². The summed E-state index contributed by atoms with van der Waals surface area (Å²) in [6.45, 7) is -0.117. The number of amides is 1. The summed E-state index contributed by atoms with van der Waals surface area (Å²) >= 11 is 0. The minimum absolute atomic E-state index is 0.117. The fraction of sp³-hybridized carbons (Fsp3) is 0.0588. The molecule has 122 valence electrons. The van der Waals surface area contributed by atoms with Gasteiger partial charge in [0.05, 0.1) is 17.8 Å². The van der Waals surface area contributed by atoms with Crippen LogP contribution in [0.15, 0.2) is 59.7 Å². The van der Waals surface area contributed by atoms with Gasteiger partial charge in [-0.1, -0.05) is 42.5 Å². The number of nitriles is 1. The van der Waals surface area contributed by atoms with Gasteiger partial charge in [-0.25, -0.2) is 10.1 Å². The standard InChI is InChI=1S/C17H13N7O/c18-10-14-8-4-5-9-15(14)17-21-22-23-24(17)12-16(25)20-19-11-13-6-2-1-3-7-13/h1-9,11H,12H2,(H,20,25)/b19-11+. The number of nitrogens with one attached hydrogen (secondary N) is 1. The first-order valence-electron chi connectivity index (χ1n) is 7.40. The van der Waals surface area contributed by atoms with Gasteiger partial charge in [0.15, 0.2) is 5.82 Å². The van der Waals surface area contributed by atoms with Crippen LogP contribution in [0.2, 0.25) is 0 Å². The molecule has 25 heavy (non-hydrogen) atoms. The molecule has 1 amide bonds. The maximum atomic E-state index is 12.0. The lowest BCUT2D eigenvalue weighted by atomic mass is 10.1. The van der Waals surface area contributed by atoms with Crippen LogP contribution >= 0.6 is 0 Å². The molecule has 0 aliphatic rings. The molecule has 1 heterocycles. The Morgan fingerprint density at radius 2 is 1.96 bits per heavy atom. The highest BCUT2D eigenvalue weighted by Crippen LogP contribution is 2.19. The second kappa shape index (κ2) is 7.61. The van der Waals surface area contributed by atoms with E-state index >= 15 is 0 Å². The Bertz CT molecular complexity index is 941. The van der Waals surface area contributed by atoms with Gasteiger partial charge in [-0.05, 0) is 28.1 Å². The molecule has 8 nitrogen and oxygen atoms in total. The van der Waals surface area contributed by atoms with E-state index in [-0.39, 0.29) is 12.5 Å². The summed E-state index contributed by atoms with van der Waals surface area (Å²) in [6, 6.07) is 18.4. The van der Waals surface area contributed by atoms with E-state index in [1.165, 1.54) is 4.68 Å². The second-order valence-electron chi connectivity index (χ2n) is 5.02. The molecule has 0 spiro atoms. The van der Waals surface area contributed by atoms with E-state index in [1.54, 1.807) is 30.5 Å². The largest absolute Gasteiger partial charge is 0.271 e. The molecule has 0 unspecified atom stereocenters. The molecule has 0 radical (unpaired) electrons. The van der Waals surface area contributed by atoms with E-state index in [0.717, 1.165) is 5.56 Å². The molecular formula is C17H13N7O. The van der Waals surface area contributed by atoms with Gasteiger partial charge in [-0.2, -0.15) is 10.4 Å². The fourth-order valence-electron chi connectivity index (χ4n) is 2.17. The van der Waals surface area contributed by atoms with Gasteiger partial charge in [0.2, 0.25) is 0 Å². The fourth-order valence-corrected chi connectivity index (χ4v) is 2.17. The number of rotatable bonds is 5. The normalized spacial score (nSPS) is 10.5. The number of benzene rings is 2. The van der Waals surface area contributed by atoms with Crippen molar-refractivity contribution in [2.45, 2.75) is 6.54 Å². The lowest BCUT2D eigenvalue weighted by Crippen LogP contribution is -2.24. The Labute approximate surface area is 143 Å². The smallest absolute Gasteiger partial charge is 0.261 e. The third-order valence-electron chi connectivity index (χ3n) is 3.32. The number of hydrazone groups is 1. The summed E-state index contributed by atoms with van der Waals surface area (Å²) in [4.78, 5) is 12.0. The molecule has 0 bridgehead atoms. The molecule has 1 N–H and O–H groups in total. The highest BCUT2D eigenvalue weighted by Gasteiger charge is 2.14. The predicted octanol–water partition coefficient (Wildman–Crippen LogP) is 1.36. The van der Waals surface area contributed by atoms with E-state index in [9.17, 15) is 10.1 Å². The van der Waals surface area contributed by atoms with Crippen molar-refractivity contribution in [3.05, 3.63) is 65.7 Å². The van der Waals surface area contributed by atoms with Crippen LogP contribution in [0.25, 0.3) is 11.4 Å². The van der Waals surface area contributed by atoms with Crippen molar-refractivity contribution in [1.82, 2.24) is 25.6 Å². The number of nitrogens with zero attached hydrogens (tertiary/aromatic N) is 6. The quantitative estimate of drug-likeness (QED) is 0.561. The molecule has 2 aromatic carbocycles. The van der Waals surface area contributed by atoms with E-state index in [2.05, 4.69) is 32.1 Å². The van der Waals surface area contributed by atoms with E-state index < -0.39 is 0 Å². The van der Waals surface area contributed by atoms with Crippen molar-refractivity contribution in [1.29, 1.82) is 5.26 Å². The predicted molar refractivity (Wildman–Crippen MR) is 90.1 cm³/mol. The Hall–Kier alpha value is -3.86. The van der Waals surface area contributed by atoms with Crippen LogP contribution in [-0.2, 0) is 11.3 Å². The zero-order valence-corrected chi connectivity index (χ0v) is 13.1. The number of tetrazole rings is 1. The molecule has 8 heteroatoms. The molecule has 1 aromatic heterocycles. The summed E-state index contributed by atoms with van der Waals surface area (Å²) < 4.78 is 1.32. The van der Waals surface area contributed by atoms with Crippen LogP contribution in [0.4, 0.5) is 0 Å². The van der Waals surface area contributed by atoms with Gasteiger partial charge in [0, 0.05) is 5.56 Å². The van der Waals surface area contributed by atoms with Crippen LogP contribution in [0.1, 0.15) is 11.1 Å². The molecule has 3 aromatic rings. The third kappa shape index (κ3) is 3.92. The number of hydrogen-bond acceptors (Lipinski definition) is 6. The van der Waals surface area contributed by atoms with Crippen molar-refractivity contribution in [2.75, 3.05) is 0 Å². The van der Waals surface area contributed by atoms with Gasteiger partial charge >= 0.3 is 0 Å². The molecule has 0 fully saturated rings. The summed E-state index contributed by atoms with van der Waals surface area (Å²) in [5.74, 6) is -0.0329. The number of aromatic nitrogens is 4. The summed E-state index contributed by atoms with van der Waals surface area (Å²) in [5, 5.41) is 24.4. The van der Waals surface area contributed by atoms with Crippen LogP contribution in [0.5, 0.6) is 0 Å². The third-order valence-corrected chi connectivity index (χ3v) is 3.32. The molecule has 3 rings (SSSR count). The minimum atomic E-state index is -0.379. The molecule has 0 aliphatic heterocycles. The van der Waals surface area contributed by atoms with Gasteiger partial charge in [0.1, 0.15) is 6.54 Å². The average molecular weight is 331 g/mol. The van der Waals surface area contributed by atoms with Crippen molar-refractivity contribution >= 4 is 12.1 Å². The van der Waals surface area contributed by atoms with Crippen molar-refractivity contribution in [3.8, 4) is 17.5 Å². The summed E-state index contributed by atoms with van der Waals surface area (Å²) in [5.41, 5.74) is 4.29. The molecular weight excluding hydrogens is 318 g/mol. The SMILES string of the molecule is N#Cc1ccccc1-c1nnnn1CC(=O)N/N=C/c1ccccc1. The topological polar surface area (TPSA) is 109 Å². The van der Waals surface area contributed by atoms with E-state index in [4.69, 9.17) is 0 Å². The number of carbonyl (C=O) groups is 1. The first kappa shape index (κ1) is 16.0. The van der Waals surface area contributed by atoms with Gasteiger partial charge < -0.3 is 0 Å². The molecule has 0 saturated heterocycles. The molecule has 0 atom stereocenters. The van der Waals surface area contributed by atoms with Gasteiger partial charge in [0.25, 0.3) is 5.91 Å². The highest BCUT2D eigenvalue weighted by atomic mass is 16.2. The van der Waals surface area contributed by atoms with Crippen molar-refractivity contribution in [3.63, 3.8) is 0 Å². The van der Waals surface area contributed by atoms with Gasteiger partial charge in [-0.3, -0.25) is 4.79 Å². The van der Waals surface area contributed by atoms with Crippen molar-refractivity contribution in [2.24, 2.45) is 5.10 Å². The Balaban J connectivity index is 1.70. The number of carbonyl (C=O) groups excluding carboxylic acids is 1. The van der Waals surface area contributed by atoms with Gasteiger partial charge in [-0.15, -0.1) is 5.10 Å². The zero-order valence-electron chi connectivity index (χ0n) is 13.1. The van der Waals surface area contributed by atoms with Crippen LogP contribution in [-0.4, -0.2) is 32.3 Å². The first-order valence-corrected chi connectivity index (χ1v) is 7.40. The average Bonchev–Trinajstić information content (AvgIpc) is 3.10. The monoisotopic (exact) mass is 331 g/mol. The lowest BCUT2D eigenvalue weighted by molar-refractivity contribution is -0.121. The van der Waals surface area contributed by atoms with Crippen LogP contribution < -0.4 is 5.43 Å². The lowest BCUT2D eigenvalue weighted by Gasteiger charge is -2.05. The Kier molecular flexibility index (Phi) is 4.87. The molecule has 0 saturated carbocycles. The van der Waals surface area contributed by atoms with Crippen LogP contribution in [0.3, 0.4) is 0 Å².